The van der Waals surface area contributed by atoms with Gasteiger partial charge in [0.1, 0.15) is 0 Å². The normalized spacial score (nSPS) is 17.7. The van der Waals surface area contributed by atoms with Gasteiger partial charge in [0.15, 0.2) is 0 Å². The summed E-state index contributed by atoms with van der Waals surface area (Å²) >= 11 is 1.65. The summed E-state index contributed by atoms with van der Waals surface area (Å²) in [6.07, 6.45) is 4.59. The molecule has 0 aliphatic carbocycles. The Hall–Kier alpha value is -0.670. The maximum absolute atomic E-state index is 3.40. The molecular weight excluding hydrogens is 204 g/mol. The molecule has 2 rings (SSSR count). The van der Waals surface area contributed by atoms with Crippen molar-refractivity contribution in [2.75, 3.05) is 24.1 Å². The molecule has 0 aromatic heterocycles. The quantitative estimate of drug-likeness (QED) is 0.769. The van der Waals surface area contributed by atoms with E-state index < -0.39 is 0 Å². The van der Waals surface area contributed by atoms with Crippen molar-refractivity contribution >= 4 is 17.6 Å². The Balaban J connectivity index is 2.09. The molecule has 0 radical (unpaired) electrons. The molecule has 2 N–H and O–H groups in total. The van der Waals surface area contributed by atoms with E-state index in [4.69, 9.17) is 0 Å². The highest BCUT2D eigenvalue weighted by molar-refractivity contribution is 7.99. The predicted molar refractivity (Wildman–Crippen MR) is 68.4 cm³/mol. The molecule has 1 aromatic rings. The summed E-state index contributed by atoms with van der Waals surface area (Å²) in [4.78, 5) is 0. The summed E-state index contributed by atoms with van der Waals surface area (Å²) in [5, 5.41) is 3.40. The van der Waals surface area contributed by atoms with Crippen LogP contribution in [-0.2, 0) is 0 Å². The fourth-order valence-electron chi connectivity index (χ4n) is 2.13. The van der Waals surface area contributed by atoms with Crippen LogP contribution in [0.1, 0.15) is 24.3 Å². The minimum Gasteiger partial charge on any atom is -0.330 e. The largest absolute Gasteiger partial charge is 0.330 e. The van der Waals surface area contributed by atoms with E-state index in [-0.39, 0.29) is 0 Å². The van der Waals surface area contributed by atoms with Gasteiger partial charge in [0.05, 0.1) is 0 Å². The standard InChI is InChI=1S/C12H18N2S/c1-15-14-12-4-2-3-11(9-12)10-5-7-13-8-6-10/h2-4,9-10,13-14H,5-8H2,1H3. The first-order valence-electron chi connectivity index (χ1n) is 5.50. The van der Waals surface area contributed by atoms with Gasteiger partial charge in [-0.2, -0.15) is 0 Å². The molecule has 0 atom stereocenters. The summed E-state index contributed by atoms with van der Waals surface area (Å²) in [6.45, 7) is 2.32. The molecule has 1 saturated heterocycles. The number of hydrogen-bond donors (Lipinski definition) is 2. The predicted octanol–water partition coefficient (Wildman–Crippen LogP) is 2.84. The topological polar surface area (TPSA) is 24.1 Å². The van der Waals surface area contributed by atoms with Gasteiger partial charge >= 0.3 is 0 Å². The Bertz CT molecular complexity index is 308. The molecule has 1 aliphatic heterocycles. The molecule has 15 heavy (non-hydrogen) atoms. The lowest BCUT2D eigenvalue weighted by Gasteiger charge is -2.23. The van der Waals surface area contributed by atoms with Crippen LogP contribution >= 0.6 is 11.9 Å². The summed E-state index contributed by atoms with van der Waals surface area (Å²) in [5.74, 6) is 0.745. The average Bonchev–Trinajstić information content (AvgIpc) is 2.31. The summed E-state index contributed by atoms with van der Waals surface area (Å²) in [6, 6.07) is 8.81. The minimum atomic E-state index is 0.745. The molecule has 2 nitrogen and oxygen atoms in total. The van der Waals surface area contributed by atoms with E-state index in [0.29, 0.717) is 0 Å². The number of benzene rings is 1. The van der Waals surface area contributed by atoms with Crippen LogP contribution in [0.2, 0.25) is 0 Å². The molecular formula is C12H18N2S. The lowest BCUT2D eigenvalue weighted by Crippen LogP contribution is -2.26. The van der Waals surface area contributed by atoms with Gasteiger partial charge in [0, 0.05) is 11.9 Å². The monoisotopic (exact) mass is 222 g/mol. The Kier molecular flexibility index (Phi) is 3.92. The minimum absolute atomic E-state index is 0.745. The van der Waals surface area contributed by atoms with E-state index in [0.717, 1.165) is 19.0 Å². The Labute approximate surface area is 96.0 Å². The zero-order valence-corrected chi connectivity index (χ0v) is 9.94. The molecule has 3 heteroatoms. The highest BCUT2D eigenvalue weighted by Gasteiger charge is 2.14. The second-order valence-corrected chi connectivity index (χ2v) is 4.57. The molecule has 1 fully saturated rings. The number of anilines is 1. The van der Waals surface area contributed by atoms with Crippen LogP contribution in [0.5, 0.6) is 0 Å². The third kappa shape index (κ3) is 2.89. The SMILES string of the molecule is CSNc1cccc(C2CCNCC2)c1. The van der Waals surface area contributed by atoms with Crippen LogP contribution in [-0.4, -0.2) is 19.3 Å². The van der Waals surface area contributed by atoms with Crippen molar-refractivity contribution in [1.29, 1.82) is 0 Å². The van der Waals surface area contributed by atoms with E-state index in [1.807, 2.05) is 0 Å². The molecule has 0 spiro atoms. The number of hydrogen-bond acceptors (Lipinski definition) is 3. The second-order valence-electron chi connectivity index (χ2n) is 3.96. The van der Waals surface area contributed by atoms with Crippen molar-refractivity contribution in [2.45, 2.75) is 18.8 Å². The maximum atomic E-state index is 3.40. The summed E-state index contributed by atoms with van der Waals surface area (Å²) < 4.78 is 3.29. The molecule has 0 saturated carbocycles. The maximum Gasteiger partial charge on any atom is 0.0442 e. The molecule has 0 amide bonds. The van der Waals surface area contributed by atoms with Gasteiger partial charge in [-0.3, -0.25) is 0 Å². The Morgan fingerprint density at radius 1 is 1.33 bits per heavy atom. The second kappa shape index (κ2) is 5.42. The van der Waals surface area contributed by atoms with Crippen LogP contribution in [0.3, 0.4) is 0 Å². The Morgan fingerprint density at radius 2 is 2.13 bits per heavy atom. The van der Waals surface area contributed by atoms with Gasteiger partial charge in [0.2, 0.25) is 0 Å². The van der Waals surface area contributed by atoms with Crippen molar-refractivity contribution in [1.82, 2.24) is 5.32 Å². The highest BCUT2D eigenvalue weighted by Crippen LogP contribution is 2.27. The average molecular weight is 222 g/mol. The summed E-state index contributed by atoms with van der Waals surface area (Å²) in [7, 11) is 0. The zero-order chi connectivity index (χ0) is 10.5. The van der Waals surface area contributed by atoms with E-state index in [9.17, 15) is 0 Å². The van der Waals surface area contributed by atoms with E-state index in [1.165, 1.54) is 24.1 Å². The lowest BCUT2D eigenvalue weighted by atomic mass is 9.90. The van der Waals surface area contributed by atoms with Crippen molar-refractivity contribution < 1.29 is 0 Å². The summed E-state index contributed by atoms with van der Waals surface area (Å²) in [5.41, 5.74) is 2.70. The fraction of sp³-hybridized carbons (Fsp3) is 0.500. The zero-order valence-electron chi connectivity index (χ0n) is 9.12. The number of nitrogens with one attached hydrogen (secondary N) is 2. The fourth-order valence-corrected chi connectivity index (χ4v) is 2.49. The highest BCUT2D eigenvalue weighted by atomic mass is 32.2. The van der Waals surface area contributed by atoms with Gasteiger partial charge in [0.25, 0.3) is 0 Å². The van der Waals surface area contributed by atoms with Gasteiger partial charge in [-0.15, -0.1) is 0 Å². The van der Waals surface area contributed by atoms with Crippen molar-refractivity contribution in [3.05, 3.63) is 29.8 Å². The molecule has 82 valence electrons. The first-order valence-corrected chi connectivity index (χ1v) is 6.72. The van der Waals surface area contributed by atoms with Crippen LogP contribution < -0.4 is 10.0 Å². The Morgan fingerprint density at radius 3 is 2.87 bits per heavy atom. The third-order valence-corrected chi connectivity index (χ3v) is 3.36. The van der Waals surface area contributed by atoms with Crippen LogP contribution in [0.4, 0.5) is 5.69 Å². The van der Waals surface area contributed by atoms with Gasteiger partial charge in [-0.25, -0.2) is 0 Å². The van der Waals surface area contributed by atoms with Gasteiger partial charge in [-0.1, -0.05) is 24.1 Å². The first-order chi connectivity index (χ1) is 7.40. The number of piperidine rings is 1. The molecule has 1 aliphatic rings. The lowest BCUT2D eigenvalue weighted by molar-refractivity contribution is 0.460. The van der Waals surface area contributed by atoms with Crippen LogP contribution in [0, 0.1) is 0 Å². The van der Waals surface area contributed by atoms with E-state index >= 15 is 0 Å². The first kappa shape index (κ1) is 10.8. The molecule has 1 heterocycles. The molecule has 0 unspecified atom stereocenters. The van der Waals surface area contributed by atoms with Gasteiger partial charge in [-0.05, 0) is 49.5 Å². The van der Waals surface area contributed by atoms with Crippen LogP contribution in [0.15, 0.2) is 24.3 Å². The van der Waals surface area contributed by atoms with Crippen molar-refractivity contribution in [2.24, 2.45) is 0 Å². The smallest absolute Gasteiger partial charge is 0.0442 e. The number of rotatable bonds is 3. The molecule has 0 bridgehead atoms. The van der Waals surface area contributed by atoms with Crippen molar-refractivity contribution in [3.63, 3.8) is 0 Å². The third-order valence-electron chi connectivity index (χ3n) is 2.92. The van der Waals surface area contributed by atoms with Gasteiger partial charge < -0.3 is 10.0 Å². The van der Waals surface area contributed by atoms with Crippen molar-refractivity contribution in [3.8, 4) is 0 Å². The molecule has 1 aromatic carbocycles. The van der Waals surface area contributed by atoms with E-state index in [1.54, 1.807) is 11.9 Å². The van der Waals surface area contributed by atoms with E-state index in [2.05, 4.69) is 40.6 Å². The van der Waals surface area contributed by atoms with Crippen LogP contribution in [0.25, 0.3) is 0 Å².